The number of aromatic nitrogens is 2. The highest BCUT2D eigenvalue weighted by Crippen LogP contribution is 2.20. The van der Waals surface area contributed by atoms with Gasteiger partial charge in [0.05, 0.1) is 0 Å². The highest BCUT2D eigenvalue weighted by atomic mass is 35.5. The minimum atomic E-state index is 0.129. The molecule has 0 amide bonds. The van der Waals surface area contributed by atoms with Crippen molar-refractivity contribution in [2.45, 2.75) is 19.4 Å². The van der Waals surface area contributed by atoms with Crippen LogP contribution in [-0.4, -0.2) is 16.5 Å². The van der Waals surface area contributed by atoms with Gasteiger partial charge in [0.2, 0.25) is 5.95 Å². The van der Waals surface area contributed by atoms with Crippen molar-refractivity contribution in [2.24, 2.45) is 0 Å². The zero-order chi connectivity index (χ0) is 17.5. The third-order valence-corrected chi connectivity index (χ3v) is 4.18. The second-order valence-electron chi connectivity index (χ2n) is 5.85. The molecular weight excluding hydrogens is 332 g/mol. The first-order valence-corrected chi connectivity index (χ1v) is 8.71. The van der Waals surface area contributed by atoms with Crippen LogP contribution in [0.1, 0.15) is 24.1 Å². The lowest BCUT2D eigenvalue weighted by molar-refractivity contribution is 0.870. The molecule has 25 heavy (non-hydrogen) atoms. The van der Waals surface area contributed by atoms with Crippen molar-refractivity contribution in [1.82, 2.24) is 9.97 Å². The van der Waals surface area contributed by atoms with Crippen molar-refractivity contribution in [3.63, 3.8) is 0 Å². The van der Waals surface area contributed by atoms with E-state index in [4.69, 9.17) is 11.6 Å². The van der Waals surface area contributed by atoms with E-state index in [1.54, 1.807) is 6.20 Å². The Morgan fingerprint density at radius 1 is 1.00 bits per heavy atom. The minimum absolute atomic E-state index is 0.129. The van der Waals surface area contributed by atoms with E-state index in [1.807, 2.05) is 36.4 Å². The summed E-state index contributed by atoms with van der Waals surface area (Å²) in [6.07, 6.45) is 2.69. The molecule has 1 atom stereocenters. The quantitative estimate of drug-likeness (QED) is 0.631. The predicted octanol–water partition coefficient (Wildman–Crippen LogP) is 4.96. The molecule has 0 radical (unpaired) electrons. The lowest BCUT2D eigenvalue weighted by Gasteiger charge is -2.15. The Morgan fingerprint density at radius 3 is 2.52 bits per heavy atom. The van der Waals surface area contributed by atoms with Crippen molar-refractivity contribution in [3.05, 3.63) is 83.0 Å². The minimum Gasteiger partial charge on any atom is -0.363 e. The predicted molar refractivity (Wildman–Crippen MR) is 104 cm³/mol. The van der Waals surface area contributed by atoms with Gasteiger partial charge in [0, 0.05) is 23.8 Å². The summed E-state index contributed by atoms with van der Waals surface area (Å²) in [7, 11) is 0. The number of hydrogen-bond acceptors (Lipinski definition) is 4. The molecule has 1 aromatic heterocycles. The Morgan fingerprint density at radius 2 is 1.76 bits per heavy atom. The molecular formula is C20H21ClN4. The lowest BCUT2D eigenvalue weighted by Crippen LogP contribution is -2.11. The van der Waals surface area contributed by atoms with E-state index in [-0.39, 0.29) is 6.04 Å². The van der Waals surface area contributed by atoms with Gasteiger partial charge in [-0.05, 0) is 42.7 Å². The Balaban J connectivity index is 1.56. The summed E-state index contributed by atoms with van der Waals surface area (Å²) in [5, 5.41) is 7.41. The molecule has 5 heteroatoms. The summed E-state index contributed by atoms with van der Waals surface area (Å²) in [6.45, 7) is 2.88. The van der Waals surface area contributed by atoms with Crippen LogP contribution in [-0.2, 0) is 6.42 Å². The van der Waals surface area contributed by atoms with Gasteiger partial charge in [-0.2, -0.15) is 4.98 Å². The first-order chi connectivity index (χ1) is 12.2. The molecule has 0 spiro atoms. The fraction of sp³-hybridized carbons (Fsp3) is 0.200. The molecule has 4 nitrogen and oxygen atoms in total. The summed E-state index contributed by atoms with van der Waals surface area (Å²) in [6, 6.07) is 20.2. The van der Waals surface area contributed by atoms with E-state index in [2.05, 4.69) is 51.8 Å². The Labute approximate surface area is 153 Å². The molecule has 128 valence electrons. The van der Waals surface area contributed by atoms with E-state index in [0.717, 1.165) is 29.4 Å². The average molecular weight is 353 g/mol. The number of rotatable bonds is 7. The second kappa shape index (κ2) is 8.49. The normalized spacial score (nSPS) is 11.8. The first kappa shape index (κ1) is 17.2. The number of hydrogen-bond donors (Lipinski definition) is 2. The number of anilines is 2. The van der Waals surface area contributed by atoms with E-state index in [0.29, 0.717) is 5.95 Å². The van der Waals surface area contributed by atoms with Gasteiger partial charge < -0.3 is 10.6 Å². The van der Waals surface area contributed by atoms with Crippen LogP contribution in [0.15, 0.2) is 66.9 Å². The maximum absolute atomic E-state index is 5.94. The number of halogens is 1. The largest absolute Gasteiger partial charge is 0.363 e. The molecule has 0 saturated carbocycles. The monoisotopic (exact) mass is 352 g/mol. The van der Waals surface area contributed by atoms with Crippen LogP contribution in [0.3, 0.4) is 0 Å². The van der Waals surface area contributed by atoms with Crippen LogP contribution in [0.2, 0.25) is 5.02 Å². The molecule has 3 rings (SSSR count). The molecule has 0 aliphatic rings. The van der Waals surface area contributed by atoms with Crippen molar-refractivity contribution < 1.29 is 0 Å². The van der Waals surface area contributed by atoms with Gasteiger partial charge in [-0.1, -0.05) is 54.1 Å². The van der Waals surface area contributed by atoms with Gasteiger partial charge in [-0.3, -0.25) is 0 Å². The van der Waals surface area contributed by atoms with E-state index in [1.165, 1.54) is 5.56 Å². The standard InChI is InChI=1S/C20H21ClN4/c1-15(17-7-9-18(21)10-8-17)24-19-12-14-23-20(25-19)22-13-11-16-5-3-2-4-6-16/h2-10,12,14-15H,11,13H2,1H3,(H2,22,23,24,25). The topological polar surface area (TPSA) is 49.8 Å². The SMILES string of the molecule is CC(Nc1ccnc(NCCc2ccccc2)n1)c1ccc(Cl)cc1. The third-order valence-electron chi connectivity index (χ3n) is 3.93. The zero-order valence-corrected chi connectivity index (χ0v) is 14.9. The Bertz CT molecular complexity index is 790. The molecule has 1 unspecified atom stereocenters. The van der Waals surface area contributed by atoms with Crippen LogP contribution in [0.4, 0.5) is 11.8 Å². The van der Waals surface area contributed by atoms with Crippen molar-refractivity contribution in [2.75, 3.05) is 17.2 Å². The number of nitrogens with zero attached hydrogens (tertiary/aromatic N) is 2. The summed E-state index contributed by atoms with van der Waals surface area (Å²) in [4.78, 5) is 8.81. The van der Waals surface area contributed by atoms with Crippen LogP contribution in [0.25, 0.3) is 0 Å². The van der Waals surface area contributed by atoms with Crippen molar-refractivity contribution in [1.29, 1.82) is 0 Å². The van der Waals surface area contributed by atoms with Gasteiger partial charge in [-0.25, -0.2) is 4.98 Å². The maximum atomic E-state index is 5.94. The molecule has 0 aliphatic carbocycles. The molecule has 3 aromatic rings. The summed E-state index contributed by atoms with van der Waals surface area (Å²) >= 11 is 5.94. The van der Waals surface area contributed by atoms with E-state index >= 15 is 0 Å². The fourth-order valence-electron chi connectivity index (χ4n) is 2.54. The molecule has 2 aromatic carbocycles. The first-order valence-electron chi connectivity index (χ1n) is 8.33. The third kappa shape index (κ3) is 5.19. The van der Waals surface area contributed by atoms with Gasteiger partial charge in [0.15, 0.2) is 0 Å². The number of benzene rings is 2. The van der Waals surface area contributed by atoms with Crippen molar-refractivity contribution >= 4 is 23.4 Å². The van der Waals surface area contributed by atoms with Gasteiger partial charge in [0.1, 0.15) is 5.82 Å². The van der Waals surface area contributed by atoms with E-state index < -0.39 is 0 Å². The van der Waals surface area contributed by atoms with Crippen molar-refractivity contribution in [3.8, 4) is 0 Å². The molecule has 0 saturated heterocycles. The lowest BCUT2D eigenvalue weighted by atomic mass is 10.1. The highest BCUT2D eigenvalue weighted by Gasteiger charge is 2.07. The van der Waals surface area contributed by atoms with Crippen LogP contribution < -0.4 is 10.6 Å². The van der Waals surface area contributed by atoms with E-state index in [9.17, 15) is 0 Å². The summed E-state index contributed by atoms with van der Waals surface area (Å²) < 4.78 is 0. The highest BCUT2D eigenvalue weighted by molar-refractivity contribution is 6.30. The zero-order valence-electron chi connectivity index (χ0n) is 14.1. The molecule has 0 aliphatic heterocycles. The average Bonchev–Trinajstić information content (AvgIpc) is 2.63. The summed E-state index contributed by atoms with van der Waals surface area (Å²) in [5.74, 6) is 1.42. The van der Waals surface area contributed by atoms with Gasteiger partial charge >= 0.3 is 0 Å². The Hall–Kier alpha value is -2.59. The number of nitrogens with one attached hydrogen (secondary N) is 2. The van der Waals surface area contributed by atoms with Crippen LogP contribution in [0, 0.1) is 0 Å². The molecule has 1 heterocycles. The smallest absolute Gasteiger partial charge is 0.224 e. The van der Waals surface area contributed by atoms with Crippen LogP contribution >= 0.6 is 11.6 Å². The second-order valence-corrected chi connectivity index (χ2v) is 6.28. The van der Waals surface area contributed by atoms with Gasteiger partial charge in [0.25, 0.3) is 0 Å². The molecule has 0 bridgehead atoms. The van der Waals surface area contributed by atoms with Crippen LogP contribution in [0.5, 0.6) is 0 Å². The maximum Gasteiger partial charge on any atom is 0.224 e. The Kier molecular flexibility index (Phi) is 5.86. The molecule has 0 fully saturated rings. The fourth-order valence-corrected chi connectivity index (χ4v) is 2.67. The summed E-state index contributed by atoms with van der Waals surface area (Å²) in [5.41, 5.74) is 2.45. The molecule has 2 N–H and O–H groups in total. The van der Waals surface area contributed by atoms with Gasteiger partial charge in [-0.15, -0.1) is 0 Å².